The van der Waals surface area contributed by atoms with Gasteiger partial charge in [-0.25, -0.2) is 4.79 Å². The molecule has 1 amide bonds. The third kappa shape index (κ3) is 4.41. The van der Waals surface area contributed by atoms with Gasteiger partial charge in [-0.15, -0.1) is 0 Å². The van der Waals surface area contributed by atoms with E-state index >= 15 is 0 Å². The SMILES string of the molecule is O=C(NCc1ccco1)c1ccco1.O=C(O)c1ccco1. The molecule has 0 aromatic carbocycles. The Kier molecular flexibility index (Phi) is 5.20. The zero-order valence-corrected chi connectivity index (χ0v) is 11.4. The minimum atomic E-state index is -1.03. The quantitative estimate of drug-likeness (QED) is 0.767. The van der Waals surface area contributed by atoms with Gasteiger partial charge in [-0.3, -0.25) is 4.79 Å². The Morgan fingerprint density at radius 3 is 1.95 bits per heavy atom. The molecule has 0 saturated carbocycles. The molecule has 3 heterocycles. The van der Waals surface area contributed by atoms with Gasteiger partial charge in [-0.1, -0.05) is 0 Å². The van der Waals surface area contributed by atoms with Crippen LogP contribution < -0.4 is 5.32 Å². The molecule has 0 aliphatic rings. The van der Waals surface area contributed by atoms with Crippen molar-refractivity contribution in [1.82, 2.24) is 5.32 Å². The van der Waals surface area contributed by atoms with E-state index in [2.05, 4.69) is 9.73 Å². The summed E-state index contributed by atoms with van der Waals surface area (Å²) in [6, 6.07) is 9.77. The minimum Gasteiger partial charge on any atom is -0.475 e. The first kappa shape index (κ1) is 15.2. The molecule has 0 radical (unpaired) electrons. The molecule has 3 rings (SSSR count). The summed E-state index contributed by atoms with van der Waals surface area (Å²) in [7, 11) is 0. The second-order valence-corrected chi connectivity index (χ2v) is 4.02. The van der Waals surface area contributed by atoms with Crippen LogP contribution in [0.1, 0.15) is 26.9 Å². The van der Waals surface area contributed by atoms with Gasteiger partial charge in [0.05, 0.1) is 25.3 Å². The fraction of sp³-hybridized carbons (Fsp3) is 0.0667. The average Bonchev–Trinajstić information content (AvgIpc) is 3.29. The molecule has 22 heavy (non-hydrogen) atoms. The van der Waals surface area contributed by atoms with Crippen LogP contribution in [0.15, 0.2) is 68.4 Å². The van der Waals surface area contributed by atoms with E-state index in [1.165, 1.54) is 24.7 Å². The fourth-order valence-electron chi connectivity index (χ4n) is 1.48. The topological polar surface area (TPSA) is 106 Å². The van der Waals surface area contributed by atoms with Crippen molar-refractivity contribution in [3.05, 3.63) is 72.5 Å². The summed E-state index contributed by atoms with van der Waals surface area (Å²) in [6.07, 6.45) is 4.35. The van der Waals surface area contributed by atoms with Crippen LogP contribution in [0.2, 0.25) is 0 Å². The minimum absolute atomic E-state index is 0.0231. The number of hydrogen-bond donors (Lipinski definition) is 2. The van der Waals surface area contributed by atoms with Crippen molar-refractivity contribution in [3.8, 4) is 0 Å². The molecule has 0 saturated heterocycles. The van der Waals surface area contributed by atoms with Crippen LogP contribution in [-0.4, -0.2) is 17.0 Å². The number of carbonyl (C=O) groups excluding carboxylic acids is 1. The Morgan fingerprint density at radius 1 is 0.909 bits per heavy atom. The fourth-order valence-corrected chi connectivity index (χ4v) is 1.48. The van der Waals surface area contributed by atoms with Crippen molar-refractivity contribution in [1.29, 1.82) is 0 Å². The van der Waals surface area contributed by atoms with Crippen molar-refractivity contribution in [2.75, 3.05) is 0 Å². The number of rotatable bonds is 4. The van der Waals surface area contributed by atoms with E-state index in [0.29, 0.717) is 18.1 Å². The Hall–Kier alpha value is -3.22. The summed E-state index contributed by atoms with van der Waals surface area (Å²) < 4.78 is 14.5. The maximum absolute atomic E-state index is 11.4. The monoisotopic (exact) mass is 303 g/mol. The van der Waals surface area contributed by atoms with E-state index in [1.54, 1.807) is 30.5 Å². The first-order valence-corrected chi connectivity index (χ1v) is 6.27. The molecule has 7 nitrogen and oxygen atoms in total. The maximum atomic E-state index is 11.4. The summed E-state index contributed by atoms with van der Waals surface area (Å²) in [5, 5.41) is 10.8. The highest BCUT2D eigenvalue weighted by molar-refractivity contribution is 5.91. The average molecular weight is 303 g/mol. The molecule has 2 N–H and O–H groups in total. The molecule has 0 unspecified atom stereocenters. The Balaban J connectivity index is 0.000000188. The van der Waals surface area contributed by atoms with E-state index in [0.717, 1.165) is 0 Å². The summed E-state index contributed by atoms with van der Waals surface area (Å²) >= 11 is 0. The Morgan fingerprint density at radius 2 is 1.50 bits per heavy atom. The molecule has 7 heteroatoms. The van der Waals surface area contributed by atoms with E-state index in [9.17, 15) is 9.59 Å². The van der Waals surface area contributed by atoms with Crippen LogP contribution in [0.25, 0.3) is 0 Å². The second kappa shape index (κ2) is 7.53. The van der Waals surface area contributed by atoms with Crippen molar-refractivity contribution < 1.29 is 27.9 Å². The highest BCUT2D eigenvalue weighted by Crippen LogP contribution is 2.02. The number of nitrogens with one attached hydrogen (secondary N) is 1. The van der Waals surface area contributed by atoms with Crippen LogP contribution in [0.4, 0.5) is 0 Å². The molecule has 0 atom stereocenters. The van der Waals surface area contributed by atoms with E-state index in [4.69, 9.17) is 13.9 Å². The van der Waals surface area contributed by atoms with Crippen LogP contribution in [0.5, 0.6) is 0 Å². The van der Waals surface area contributed by atoms with Gasteiger partial charge in [0.25, 0.3) is 5.91 Å². The number of amides is 1. The molecule has 0 fully saturated rings. The predicted octanol–water partition coefficient (Wildman–Crippen LogP) is 2.78. The smallest absolute Gasteiger partial charge is 0.371 e. The normalized spacial score (nSPS) is 9.64. The second-order valence-electron chi connectivity index (χ2n) is 4.02. The van der Waals surface area contributed by atoms with Crippen LogP contribution in [0.3, 0.4) is 0 Å². The van der Waals surface area contributed by atoms with Gasteiger partial charge in [-0.2, -0.15) is 0 Å². The molecule has 114 valence electrons. The van der Waals surface area contributed by atoms with E-state index in [1.807, 2.05) is 0 Å². The third-order valence-electron chi connectivity index (χ3n) is 2.48. The van der Waals surface area contributed by atoms with Crippen molar-refractivity contribution >= 4 is 11.9 Å². The first-order valence-electron chi connectivity index (χ1n) is 6.27. The van der Waals surface area contributed by atoms with E-state index in [-0.39, 0.29) is 11.7 Å². The molecule has 3 aromatic rings. The molecular weight excluding hydrogens is 290 g/mol. The maximum Gasteiger partial charge on any atom is 0.371 e. The number of hydrogen-bond acceptors (Lipinski definition) is 5. The lowest BCUT2D eigenvalue weighted by Gasteiger charge is -1.99. The highest BCUT2D eigenvalue weighted by atomic mass is 16.4. The number of carbonyl (C=O) groups is 2. The standard InChI is InChI=1S/C10H9NO3.C5H4O3/c12-10(9-4-2-6-14-9)11-7-8-3-1-5-13-8;6-5(7)4-2-1-3-8-4/h1-6H,7H2,(H,11,12);1-3H,(H,6,7). The third-order valence-corrected chi connectivity index (χ3v) is 2.48. The Labute approximate surface area is 125 Å². The van der Waals surface area contributed by atoms with Crippen molar-refractivity contribution in [3.63, 3.8) is 0 Å². The van der Waals surface area contributed by atoms with Gasteiger partial charge in [0, 0.05) is 0 Å². The lowest BCUT2D eigenvalue weighted by atomic mass is 10.4. The van der Waals surface area contributed by atoms with Gasteiger partial charge < -0.3 is 23.7 Å². The molecule has 3 aromatic heterocycles. The highest BCUT2D eigenvalue weighted by Gasteiger charge is 2.07. The first-order chi connectivity index (χ1) is 10.7. The van der Waals surface area contributed by atoms with Crippen LogP contribution >= 0.6 is 0 Å². The largest absolute Gasteiger partial charge is 0.475 e. The summed E-state index contributed by atoms with van der Waals surface area (Å²) in [4.78, 5) is 21.3. The van der Waals surface area contributed by atoms with Crippen LogP contribution in [-0.2, 0) is 6.54 Å². The van der Waals surface area contributed by atoms with E-state index < -0.39 is 5.97 Å². The lowest BCUT2D eigenvalue weighted by Crippen LogP contribution is -2.21. The lowest BCUT2D eigenvalue weighted by molar-refractivity contribution is 0.0662. The molecule has 0 aliphatic carbocycles. The molecule has 0 bridgehead atoms. The Bertz CT molecular complexity index is 683. The van der Waals surface area contributed by atoms with Crippen molar-refractivity contribution in [2.45, 2.75) is 6.54 Å². The summed E-state index contributed by atoms with van der Waals surface area (Å²) in [6.45, 7) is 0.368. The summed E-state index contributed by atoms with van der Waals surface area (Å²) in [5.41, 5.74) is 0. The predicted molar refractivity (Wildman–Crippen MR) is 74.3 cm³/mol. The molecule has 0 spiro atoms. The van der Waals surface area contributed by atoms with Gasteiger partial charge in [-0.05, 0) is 36.4 Å². The molecule has 0 aliphatic heterocycles. The number of carboxylic acid groups (broad SMARTS) is 1. The zero-order valence-electron chi connectivity index (χ0n) is 11.4. The zero-order chi connectivity index (χ0) is 15.8. The molecular formula is C15H13NO6. The number of furan rings is 3. The van der Waals surface area contributed by atoms with Gasteiger partial charge in [0.1, 0.15) is 5.76 Å². The van der Waals surface area contributed by atoms with Crippen molar-refractivity contribution in [2.24, 2.45) is 0 Å². The van der Waals surface area contributed by atoms with Gasteiger partial charge in [0.15, 0.2) is 5.76 Å². The number of carboxylic acids is 1. The summed E-state index contributed by atoms with van der Waals surface area (Å²) in [5.74, 6) is -0.284. The number of aromatic carboxylic acids is 1. The van der Waals surface area contributed by atoms with Gasteiger partial charge >= 0.3 is 5.97 Å². The van der Waals surface area contributed by atoms with Crippen LogP contribution in [0, 0.1) is 0 Å². The van der Waals surface area contributed by atoms with Gasteiger partial charge in [0.2, 0.25) is 5.76 Å².